The van der Waals surface area contributed by atoms with Crippen LogP contribution in [-0.2, 0) is 4.84 Å². The maximum Gasteiger partial charge on any atom is 0.294 e. The van der Waals surface area contributed by atoms with Gasteiger partial charge in [0, 0.05) is 0 Å². The second kappa shape index (κ2) is 7.79. The first-order chi connectivity index (χ1) is 7.07. The third-order valence-electron chi connectivity index (χ3n) is 1.70. The van der Waals surface area contributed by atoms with Gasteiger partial charge in [0.15, 0.2) is 0 Å². The number of nitrogens with zero attached hydrogens (tertiary/aromatic N) is 1. The molecule has 1 rings (SSSR count). The molecule has 0 atom stereocenters. The largest absolute Gasteiger partial charge is 0.314 e. The van der Waals surface area contributed by atoms with Crippen molar-refractivity contribution >= 4 is 0 Å². The first kappa shape index (κ1) is 13.4. The third kappa shape index (κ3) is 7.49. The molecule has 0 spiro atoms. The summed E-state index contributed by atoms with van der Waals surface area (Å²) in [7, 11) is 0. The van der Waals surface area contributed by atoms with Crippen LogP contribution in [0.5, 0.6) is 0 Å². The minimum atomic E-state index is -0.819. The van der Waals surface area contributed by atoms with E-state index < -0.39 is 5.09 Å². The lowest BCUT2D eigenvalue weighted by molar-refractivity contribution is -0.756. The second-order valence-electron chi connectivity index (χ2n) is 3.21. The van der Waals surface area contributed by atoms with Crippen molar-refractivity contribution in [3.63, 3.8) is 0 Å². The molecule has 0 saturated heterocycles. The predicted octanol–water partition coefficient (Wildman–Crippen LogP) is 3.02. The molecule has 0 aromatic heterocycles. The van der Waals surface area contributed by atoms with Crippen LogP contribution in [0.4, 0.5) is 0 Å². The molecule has 4 heteroatoms. The van der Waals surface area contributed by atoms with Crippen LogP contribution in [0.25, 0.3) is 0 Å². The van der Waals surface area contributed by atoms with Crippen LogP contribution in [0.15, 0.2) is 30.3 Å². The van der Waals surface area contributed by atoms with Crippen LogP contribution in [-0.4, -0.2) is 11.7 Å². The summed E-state index contributed by atoms with van der Waals surface area (Å²) in [4.78, 5) is 12.9. The van der Waals surface area contributed by atoms with E-state index in [1.165, 1.54) is 5.56 Å². The Labute approximate surface area is 90.0 Å². The Morgan fingerprint density at radius 1 is 1.33 bits per heavy atom. The topological polar surface area (TPSA) is 52.4 Å². The quantitative estimate of drug-likeness (QED) is 0.570. The lowest BCUT2D eigenvalue weighted by Gasteiger charge is -2.01. The zero-order valence-corrected chi connectivity index (χ0v) is 9.34. The van der Waals surface area contributed by atoms with Gasteiger partial charge in [-0.2, -0.15) is 0 Å². The molecule has 0 aliphatic carbocycles. The molecular weight excluding hydrogens is 194 g/mol. The summed E-state index contributed by atoms with van der Waals surface area (Å²) in [6.07, 6.45) is 0. The lowest BCUT2D eigenvalue weighted by atomic mass is 10.0. The molecule has 0 aliphatic rings. The molecule has 0 unspecified atom stereocenters. The number of rotatable bonds is 3. The Kier molecular flexibility index (Phi) is 6.97. The molecule has 0 amide bonds. The fraction of sp³-hybridized carbons (Fsp3) is 0.455. The van der Waals surface area contributed by atoms with Crippen molar-refractivity contribution in [1.29, 1.82) is 0 Å². The van der Waals surface area contributed by atoms with Gasteiger partial charge in [-0.1, -0.05) is 44.2 Å². The van der Waals surface area contributed by atoms with E-state index in [4.69, 9.17) is 0 Å². The van der Waals surface area contributed by atoms with Crippen molar-refractivity contribution in [2.75, 3.05) is 6.61 Å². The van der Waals surface area contributed by atoms with E-state index in [-0.39, 0.29) is 6.61 Å². The lowest BCUT2D eigenvalue weighted by Crippen LogP contribution is -1.97. The molecule has 0 bridgehead atoms. The van der Waals surface area contributed by atoms with E-state index in [2.05, 4.69) is 43.0 Å². The number of hydrogen-bond acceptors (Lipinski definition) is 3. The van der Waals surface area contributed by atoms with E-state index in [0.717, 1.165) is 0 Å². The van der Waals surface area contributed by atoms with Crippen molar-refractivity contribution in [3.05, 3.63) is 46.0 Å². The Morgan fingerprint density at radius 3 is 2.07 bits per heavy atom. The van der Waals surface area contributed by atoms with Crippen molar-refractivity contribution in [3.8, 4) is 0 Å². The minimum absolute atomic E-state index is 0.132. The van der Waals surface area contributed by atoms with Gasteiger partial charge in [0.2, 0.25) is 0 Å². The predicted molar refractivity (Wildman–Crippen MR) is 59.2 cm³/mol. The zero-order chi connectivity index (χ0) is 11.7. The molecule has 0 radical (unpaired) electrons. The van der Waals surface area contributed by atoms with Gasteiger partial charge in [0.25, 0.3) is 5.09 Å². The summed E-state index contributed by atoms with van der Waals surface area (Å²) in [5, 5.41) is 8.36. The van der Waals surface area contributed by atoms with Gasteiger partial charge in [-0.05, 0) is 18.4 Å². The minimum Gasteiger partial charge on any atom is -0.314 e. The van der Waals surface area contributed by atoms with Crippen molar-refractivity contribution in [1.82, 2.24) is 0 Å². The summed E-state index contributed by atoms with van der Waals surface area (Å²) >= 11 is 0. The van der Waals surface area contributed by atoms with E-state index >= 15 is 0 Å². The first-order valence-electron chi connectivity index (χ1n) is 4.90. The molecule has 1 aromatic carbocycles. The highest BCUT2D eigenvalue weighted by atomic mass is 16.9. The number of benzene rings is 1. The summed E-state index contributed by atoms with van der Waals surface area (Å²) in [6.45, 7) is 6.10. The van der Waals surface area contributed by atoms with E-state index in [9.17, 15) is 10.1 Å². The smallest absolute Gasteiger partial charge is 0.294 e. The summed E-state index contributed by atoms with van der Waals surface area (Å²) in [5.41, 5.74) is 1.41. The molecule has 84 valence electrons. The third-order valence-corrected chi connectivity index (χ3v) is 1.70. The van der Waals surface area contributed by atoms with Crippen LogP contribution in [0.1, 0.15) is 32.3 Å². The summed E-state index contributed by atoms with van der Waals surface area (Å²) < 4.78 is 0. The average molecular weight is 211 g/mol. The van der Waals surface area contributed by atoms with Gasteiger partial charge in [0.1, 0.15) is 0 Å². The number of hydrogen-bond donors (Lipinski definition) is 0. The highest BCUT2D eigenvalue weighted by Gasteiger charge is 1.93. The normalized spacial score (nSPS) is 9.07. The summed E-state index contributed by atoms with van der Waals surface area (Å²) in [6, 6.07) is 10.5. The Bertz CT molecular complexity index is 272. The molecule has 4 nitrogen and oxygen atoms in total. The van der Waals surface area contributed by atoms with Gasteiger partial charge >= 0.3 is 0 Å². The standard InChI is InChI=1S/C9H12.C2H5NO3/c1-8(2)9-6-4-3-5-7-9;1-2-6-3(4)5/h3-8H,1-2H3;2H2,1H3. The fourth-order valence-corrected chi connectivity index (χ4v) is 0.943. The molecule has 0 aliphatic heterocycles. The van der Waals surface area contributed by atoms with Crippen molar-refractivity contribution in [2.24, 2.45) is 0 Å². The van der Waals surface area contributed by atoms with Crippen LogP contribution >= 0.6 is 0 Å². The highest BCUT2D eigenvalue weighted by molar-refractivity contribution is 5.17. The fourth-order valence-electron chi connectivity index (χ4n) is 0.943. The van der Waals surface area contributed by atoms with Crippen LogP contribution < -0.4 is 0 Å². The Balaban J connectivity index is 0.000000288. The molecular formula is C11H17NO3. The highest BCUT2D eigenvalue weighted by Crippen LogP contribution is 2.11. The Hall–Kier alpha value is -1.58. The molecule has 0 N–H and O–H groups in total. The monoisotopic (exact) mass is 211 g/mol. The van der Waals surface area contributed by atoms with Gasteiger partial charge in [-0.15, -0.1) is 10.1 Å². The van der Waals surface area contributed by atoms with E-state index in [1.807, 2.05) is 6.07 Å². The Morgan fingerprint density at radius 2 is 1.87 bits per heavy atom. The van der Waals surface area contributed by atoms with Crippen molar-refractivity contribution < 1.29 is 9.92 Å². The van der Waals surface area contributed by atoms with Gasteiger partial charge in [-0.25, -0.2) is 0 Å². The summed E-state index contributed by atoms with van der Waals surface area (Å²) in [5.74, 6) is 0.659. The maximum atomic E-state index is 9.18. The van der Waals surface area contributed by atoms with Gasteiger partial charge in [-0.3, -0.25) is 0 Å². The maximum absolute atomic E-state index is 9.18. The van der Waals surface area contributed by atoms with E-state index in [1.54, 1.807) is 6.92 Å². The van der Waals surface area contributed by atoms with Crippen LogP contribution in [0, 0.1) is 10.1 Å². The van der Waals surface area contributed by atoms with Gasteiger partial charge < -0.3 is 4.84 Å². The molecule has 0 saturated carbocycles. The molecule has 0 heterocycles. The average Bonchev–Trinajstić information content (AvgIpc) is 2.20. The molecule has 1 aromatic rings. The van der Waals surface area contributed by atoms with Gasteiger partial charge in [0.05, 0.1) is 6.61 Å². The zero-order valence-electron chi connectivity index (χ0n) is 9.34. The van der Waals surface area contributed by atoms with Crippen LogP contribution in [0.2, 0.25) is 0 Å². The van der Waals surface area contributed by atoms with Crippen molar-refractivity contribution in [2.45, 2.75) is 26.7 Å². The van der Waals surface area contributed by atoms with Crippen LogP contribution in [0.3, 0.4) is 0 Å². The molecule has 15 heavy (non-hydrogen) atoms. The molecule has 0 fully saturated rings. The SMILES string of the molecule is CC(C)c1ccccc1.CCO[N+](=O)[O-]. The van der Waals surface area contributed by atoms with E-state index in [0.29, 0.717) is 5.92 Å². The second-order valence-corrected chi connectivity index (χ2v) is 3.21. The first-order valence-corrected chi connectivity index (χ1v) is 4.90.